The fourth-order valence-electron chi connectivity index (χ4n) is 1.21. The lowest BCUT2D eigenvalue weighted by atomic mass is 10.1. The van der Waals surface area contributed by atoms with Gasteiger partial charge in [0.25, 0.3) is 0 Å². The van der Waals surface area contributed by atoms with E-state index in [1.54, 1.807) is 7.11 Å². The van der Waals surface area contributed by atoms with Crippen LogP contribution in [0.15, 0.2) is 24.3 Å². The van der Waals surface area contributed by atoms with Gasteiger partial charge in [0.15, 0.2) is 0 Å². The van der Waals surface area contributed by atoms with Crippen molar-refractivity contribution >= 4 is 0 Å². The third-order valence-electron chi connectivity index (χ3n) is 2.10. The second-order valence-corrected chi connectivity index (χ2v) is 3.26. The fraction of sp³-hybridized carbons (Fsp3) is 0.455. The number of rotatable bonds is 6. The molecule has 4 heteroatoms. The van der Waals surface area contributed by atoms with Gasteiger partial charge >= 0.3 is 0 Å². The first kappa shape index (κ1) is 12.0. The Morgan fingerprint density at radius 3 is 2.80 bits per heavy atom. The zero-order chi connectivity index (χ0) is 11.1. The van der Waals surface area contributed by atoms with E-state index in [4.69, 9.17) is 20.9 Å². The molecule has 0 saturated heterocycles. The van der Waals surface area contributed by atoms with Crippen molar-refractivity contribution in [3.05, 3.63) is 29.8 Å². The molecule has 0 amide bonds. The molecule has 0 radical (unpaired) electrons. The summed E-state index contributed by atoms with van der Waals surface area (Å²) in [4.78, 5) is 0. The summed E-state index contributed by atoms with van der Waals surface area (Å²) in [6, 6.07) is 7.53. The van der Waals surface area contributed by atoms with Crippen LogP contribution >= 0.6 is 0 Å². The number of ether oxygens (including phenoxy) is 2. The maximum Gasteiger partial charge on any atom is 0.119 e. The molecular formula is C11H18N2O2. The van der Waals surface area contributed by atoms with Crippen LogP contribution in [0.1, 0.15) is 11.6 Å². The first-order valence-corrected chi connectivity index (χ1v) is 4.95. The lowest BCUT2D eigenvalue weighted by Gasteiger charge is -2.11. The summed E-state index contributed by atoms with van der Waals surface area (Å²) in [5.74, 6) is 0.799. The monoisotopic (exact) mass is 210 g/mol. The Balaban J connectivity index is 2.57. The van der Waals surface area contributed by atoms with E-state index in [1.807, 2.05) is 24.3 Å². The molecular weight excluding hydrogens is 192 g/mol. The van der Waals surface area contributed by atoms with Crippen molar-refractivity contribution in [3.8, 4) is 5.75 Å². The molecule has 0 spiro atoms. The average molecular weight is 210 g/mol. The van der Waals surface area contributed by atoms with Gasteiger partial charge in [0.2, 0.25) is 0 Å². The summed E-state index contributed by atoms with van der Waals surface area (Å²) in [5, 5.41) is 0. The standard InChI is InChI=1S/C11H18N2O2/c1-14-5-6-15-10-4-2-3-9(7-10)11(13)8-12/h2-4,7,11H,5-6,8,12-13H2,1H3/t11-/m1/s1. The van der Waals surface area contributed by atoms with Gasteiger partial charge in [0.1, 0.15) is 12.4 Å². The number of hydrogen-bond donors (Lipinski definition) is 2. The molecule has 0 bridgehead atoms. The predicted molar refractivity (Wildman–Crippen MR) is 59.8 cm³/mol. The Hall–Kier alpha value is -1.10. The minimum atomic E-state index is -0.129. The smallest absolute Gasteiger partial charge is 0.119 e. The molecule has 4 N–H and O–H groups in total. The van der Waals surface area contributed by atoms with Crippen LogP contribution in [0.5, 0.6) is 5.75 Å². The van der Waals surface area contributed by atoms with Crippen molar-refractivity contribution in [2.24, 2.45) is 11.5 Å². The van der Waals surface area contributed by atoms with Crippen LogP contribution < -0.4 is 16.2 Å². The van der Waals surface area contributed by atoms with Crippen molar-refractivity contribution in [2.45, 2.75) is 6.04 Å². The molecule has 0 aromatic heterocycles. The Morgan fingerprint density at radius 1 is 1.33 bits per heavy atom. The van der Waals surface area contributed by atoms with Crippen molar-refractivity contribution in [1.29, 1.82) is 0 Å². The summed E-state index contributed by atoms with van der Waals surface area (Å²) in [5.41, 5.74) is 12.3. The zero-order valence-electron chi connectivity index (χ0n) is 8.98. The Morgan fingerprint density at radius 2 is 2.13 bits per heavy atom. The van der Waals surface area contributed by atoms with Crippen molar-refractivity contribution in [1.82, 2.24) is 0 Å². The van der Waals surface area contributed by atoms with Gasteiger partial charge in [0, 0.05) is 19.7 Å². The van der Waals surface area contributed by atoms with Gasteiger partial charge in [-0.15, -0.1) is 0 Å². The molecule has 0 fully saturated rings. The van der Waals surface area contributed by atoms with E-state index in [1.165, 1.54) is 0 Å². The molecule has 1 aromatic rings. The first-order valence-electron chi connectivity index (χ1n) is 4.95. The Bertz CT molecular complexity index is 292. The van der Waals surface area contributed by atoms with Gasteiger partial charge < -0.3 is 20.9 Å². The van der Waals surface area contributed by atoms with Crippen LogP contribution in [-0.4, -0.2) is 26.9 Å². The minimum absolute atomic E-state index is 0.129. The van der Waals surface area contributed by atoms with Crippen LogP contribution in [0.25, 0.3) is 0 Å². The van der Waals surface area contributed by atoms with E-state index in [0.29, 0.717) is 19.8 Å². The van der Waals surface area contributed by atoms with Crippen LogP contribution in [0, 0.1) is 0 Å². The average Bonchev–Trinajstić information content (AvgIpc) is 2.29. The molecule has 1 atom stereocenters. The van der Waals surface area contributed by atoms with Crippen molar-refractivity contribution in [3.63, 3.8) is 0 Å². The number of methoxy groups -OCH3 is 1. The van der Waals surface area contributed by atoms with E-state index in [9.17, 15) is 0 Å². The molecule has 0 aliphatic rings. The third-order valence-corrected chi connectivity index (χ3v) is 2.10. The van der Waals surface area contributed by atoms with Gasteiger partial charge in [-0.2, -0.15) is 0 Å². The second-order valence-electron chi connectivity index (χ2n) is 3.26. The van der Waals surface area contributed by atoms with Crippen LogP contribution in [0.3, 0.4) is 0 Å². The first-order chi connectivity index (χ1) is 7.27. The summed E-state index contributed by atoms with van der Waals surface area (Å²) in [6.07, 6.45) is 0. The third kappa shape index (κ3) is 3.87. The highest BCUT2D eigenvalue weighted by molar-refractivity contribution is 5.30. The largest absolute Gasteiger partial charge is 0.491 e. The number of nitrogens with two attached hydrogens (primary N) is 2. The summed E-state index contributed by atoms with van der Waals surface area (Å²) in [7, 11) is 1.64. The van der Waals surface area contributed by atoms with Crippen molar-refractivity contribution < 1.29 is 9.47 Å². The normalized spacial score (nSPS) is 12.5. The molecule has 15 heavy (non-hydrogen) atoms. The predicted octanol–water partition coefficient (Wildman–Crippen LogP) is 0.670. The molecule has 0 aliphatic carbocycles. The highest BCUT2D eigenvalue weighted by atomic mass is 16.5. The lowest BCUT2D eigenvalue weighted by molar-refractivity contribution is 0.146. The molecule has 84 valence electrons. The van der Waals surface area contributed by atoms with Crippen LogP contribution in [-0.2, 0) is 4.74 Å². The van der Waals surface area contributed by atoms with E-state index in [0.717, 1.165) is 11.3 Å². The van der Waals surface area contributed by atoms with Crippen molar-refractivity contribution in [2.75, 3.05) is 26.9 Å². The lowest BCUT2D eigenvalue weighted by Crippen LogP contribution is -2.20. The maximum atomic E-state index is 5.81. The topological polar surface area (TPSA) is 70.5 Å². The Labute approximate surface area is 90.2 Å². The summed E-state index contributed by atoms with van der Waals surface area (Å²) < 4.78 is 10.4. The summed E-state index contributed by atoms with van der Waals surface area (Å²) >= 11 is 0. The van der Waals surface area contributed by atoms with Gasteiger partial charge in [-0.1, -0.05) is 12.1 Å². The van der Waals surface area contributed by atoms with Gasteiger partial charge in [0.05, 0.1) is 6.61 Å². The second kappa shape index (κ2) is 6.40. The van der Waals surface area contributed by atoms with Crippen LogP contribution in [0.2, 0.25) is 0 Å². The molecule has 0 unspecified atom stereocenters. The number of benzene rings is 1. The number of hydrogen-bond acceptors (Lipinski definition) is 4. The molecule has 0 aliphatic heterocycles. The van der Waals surface area contributed by atoms with Crippen LogP contribution in [0.4, 0.5) is 0 Å². The summed E-state index contributed by atoms with van der Waals surface area (Å²) in [6.45, 7) is 1.55. The molecule has 4 nitrogen and oxygen atoms in total. The molecule has 1 aromatic carbocycles. The van der Waals surface area contributed by atoms with Gasteiger partial charge in [-0.05, 0) is 17.7 Å². The highest BCUT2D eigenvalue weighted by Crippen LogP contribution is 2.17. The highest BCUT2D eigenvalue weighted by Gasteiger charge is 2.04. The van der Waals surface area contributed by atoms with Gasteiger partial charge in [-0.25, -0.2) is 0 Å². The minimum Gasteiger partial charge on any atom is -0.491 e. The SMILES string of the molecule is COCCOc1cccc([C@H](N)CN)c1. The molecule has 0 heterocycles. The van der Waals surface area contributed by atoms with E-state index in [2.05, 4.69) is 0 Å². The Kier molecular flexibility index (Phi) is 5.10. The fourth-order valence-corrected chi connectivity index (χ4v) is 1.21. The quantitative estimate of drug-likeness (QED) is 0.677. The maximum absolute atomic E-state index is 5.81. The van der Waals surface area contributed by atoms with E-state index < -0.39 is 0 Å². The molecule has 1 rings (SSSR count). The zero-order valence-corrected chi connectivity index (χ0v) is 8.98. The van der Waals surface area contributed by atoms with E-state index in [-0.39, 0.29) is 6.04 Å². The molecule has 0 saturated carbocycles. The van der Waals surface area contributed by atoms with Gasteiger partial charge in [-0.3, -0.25) is 0 Å². The van der Waals surface area contributed by atoms with E-state index >= 15 is 0 Å².